The van der Waals surface area contributed by atoms with Crippen LogP contribution < -0.4 is 0 Å². The molecule has 0 amide bonds. The van der Waals surface area contributed by atoms with Crippen LogP contribution in [-0.4, -0.2) is 31.6 Å². The minimum Gasteiger partial charge on any atom is -0.457 e. The molecule has 0 bridgehead atoms. The normalized spacial score (nSPS) is 16.4. The molecule has 1 aliphatic rings. The summed E-state index contributed by atoms with van der Waals surface area (Å²) in [7, 11) is 0. The molecule has 2 aromatic carbocycles. The predicted octanol–water partition coefficient (Wildman–Crippen LogP) is 3.12. The van der Waals surface area contributed by atoms with E-state index in [2.05, 4.69) is 0 Å². The molecular weight excluding hydrogens is 292 g/mol. The first-order valence-electron chi connectivity index (χ1n) is 7.79. The zero-order valence-corrected chi connectivity index (χ0v) is 13.1. The third-order valence-electron chi connectivity index (χ3n) is 3.83. The first-order valence-corrected chi connectivity index (χ1v) is 7.79. The minimum absolute atomic E-state index is 0.297. The number of rotatable bonds is 5. The van der Waals surface area contributed by atoms with Gasteiger partial charge in [0.1, 0.15) is 12.0 Å². The molecule has 120 valence electrons. The van der Waals surface area contributed by atoms with Crippen molar-refractivity contribution in [2.75, 3.05) is 13.2 Å². The number of carbonyl (C=O) groups is 1. The van der Waals surface area contributed by atoms with Gasteiger partial charge in [0, 0.05) is 0 Å². The van der Waals surface area contributed by atoms with Crippen LogP contribution in [0.2, 0.25) is 0 Å². The molecule has 0 saturated carbocycles. The summed E-state index contributed by atoms with van der Waals surface area (Å²) >= 11 is 0. The molecule has 0 spiro atoms. The van der Waals surface area contributed by atoms with Gasteiger partial charge in [0.05, 0.1) is 13.2 Å². The van der Waals surface area contributed by atoms with Crippen molar-refractivity contribution in [3.63, 3.8) is 0 Å². The van der Waals surface area contributed by atoms with Crippen molar-refractivity contribution in [3.05, 3.63) is 71.8 Å². The first-order chi connectivity index (χ1) is 11.3. The van der Waals surface area contributed by atoms with Crippen LogP contribution in [-0.2, 0) is 19.0 Å². The lowest BCUT2D eigenvalue weighted by molar-refractivity contribution is -0.171. The monoisotopic (exact) mass is 312 g/mol. The average molecular weight is 312 g/mol. The van der Waals surface area contributed by atoms with Crippen molar-refractivity contribution in [3.8, 4) is 0 Å². The Hall–Kier alpha value is -2.17. The van der Waals surface area contributed by atoms with Gasteiger partial charge in [-0.2, -0.15) is 0 Å². The van der Waals surface area contributed by atoms with E-state index in [4.69, 9.17) is 14.2 Å². The highest BCUT2D eigenvalue weighted by Gasteiger charge is 2.30. The van der Waals surface area contributed by atoms with Gasteiger partial charge in [-0.05, 0) is 18.1 Å². The lowest BCUT2D eigenvalue weighted by Gasteiger charge is -2.22. The maximum absolute atomic E-state index is 12.8. The van der Waals surface area contributed by atoms with Gasteiger partial charge < -0.3 is 14.2 Å². The van der Waals surface area contributed by atoms with E-state index in [0.29, 0.717) is 13.2 Å². The molecule has 3 rings (SSSR count). The van der Waals surface area contributed by atoms with Gasteiger partial charge in [0.2, 0.25) is 0 Å². The fourth-order valence-electron chi connectivity index (χ4n) is 2.71. The Morgan fingerprint density at radius 3 is 1.91 bits per heavy atom. The van der Waals surface area contributed by atoms with E-state index in [9.17, 15) is 4.79 Å². The maximum Gasteiger partial charge on any atom is 0.318 e. The van der Waals surface area contributed by atoms with Crippen LogP contribution in [0.4, 0.5) is 0 Å². The molecule has 1 heterocycles. The fraction of sp³-hybridized carbons (Fsp3) is 0.316. The van der Waals surface area contributed by atoms with Gasteiger partial charge in [-0.15, -0.1) is 0 Å². The lowest BCUT2D eigenvalue weighted by Crippen LogP contribution is -2.31. The molecular formula is C19H20O4. The Bertz CT molecular complexity index is 581. The van der Waals surface area contributed by atoms with Crippen molar-refractivity contribution in [2.24, 2.45) is 0 Å². The Morgan fingerprint density at radius 2 is 1.43 bits per heavy atom. The van der Waals surface area contributed by atoms with Crippen LogP contribution in [0.1, 0.15) is 24.0 Å². The molecule has 1 atom stereocenters. The largest absolute Gasteiger partial charge is 0.457 e. The fourth-order valence-corrected chi connectivity index (χ4v) is 2.71. The number of esters is 1. The summed E-state index contributed by atoms with van der Waals surface area (Å²) in [5, 5.41) is 0. The highest BCUT2D eigenvalue weighted by atomic mass is 16.7. The second-order valence-electron chi connectivity index (χ2n) is 5.51. The first kappa shape index (κ1) is 15.7. The standard InChI is InChI=1S/C19H20O4/c1-14(19-21-12-13-22-19)23-18(20)17(15-8-4-2-5-9-15)16-10-6-3-7-11-16/h2-11,14,17,19H,12-13H2,1H3/t14-/m0/s1. The molecule has 1 saturated heterocycles. The minimum atomic E-state index is -0.480. The summed E-state index contributed by atoms with van der Waals surface area (Å²) in [6, 6.07) is 19.3. The third kappa shape index (κ3) is 3.78. The topological polar surface area (TPSA) is 44.8 Å². The summed E-state index contributed by atoms with van der Waals surface area (Å²) in [5.41, 5.74) is 1.81. The van der Waals surface area contributed by atoms with Gasteiger partial charge in [-0.1, -0.05) is 60.7 Å². The van der Waals surface area contributed by atoms with Crippen LogP contribution in [0.15, 0.2) is 60.7 Å². The van der Waals surface area contributed by atoms with Gasteiger partial charge in [-0.25, -0.2) is 0 Å². The van der Waals surface area contributed by atoms with Crippen LogP contribution in [0, 0.1) is 0 Å². The summed E-state index contributed by atoms with van der Waals surface area (Å²) < 4.78 is 16.4. The molecule has 4 heteroatoms. The smallest absolute Gasteiger partial charge is 0.318 e. The average Bonchev–Trinajstić information content (AvgIpc) is 3.12. The van der Waals surface area contributed by atoms with Crippen LogP contribution in [0.3, 0.4) is 0 Å². The number of ether oxygens (including phenoxy) is 3. The highest BCUT2D eigenvalue weighted by Crippen LogP contribution is 2.27. The summed E-state index contributed by atoms with van der Waals surface area (Å²) in [6.45, 7) is 2.86. The molecule has 23 heavy (non-hydrogen) atoms. The second-order valence-corrected chi connectivity index (χ2v) is 5.51. The van der Waals surface area contributed by atoms with E-state index in [1.54, 1.807) is 6.92 Å². The molecule has 1 fully saturated rings. The summed E-state index contributed by atoms with van der Waals surface area (Å²) in [5.74, 6) is -0.754. The zero-order chi connectivity index (χ0) is 16.1. The van der Waals surface area contributed by atoms with Gasteiger partial charge in [0.15, 0.2) is 6.29 Å². The zero-order valence-electron chi connectivity index (χ0n) is 13.1. The molecule has 0 unspecified atom stereocenters. The number of hydrogen-bond acceptors (Lipinski definition) is 4. The summed E-state index contributed by atoms with van der Waals surface area (Å²) in [6.07, 6.45) is -0.925. The van der Waals surface area contributed by atoms with Crippen molar-refractivity contribution in [2.45, 2.75) is 25.2 Å². The van der Waals surface area contributed by atoms with E-state index in [1.807, 2.05) is 60.7 Å². The SMILES string of the molecule is C[C@H](OC(=O)C(c1ccccc1)c1ccccc1)C1OCCO1. The van der Waals surface area contributed by atoms with E-state index in [0.717, 1.165) is 11.1 Å². The van der Waals surface area contributed by atoms with Gasteiger partial charge >= 0.3 is 5.97 Å². The molecule has 0 radical (unpaired) electrons. The van der Waals surface area contributed by atoms with Crippen molar-refractivity contribution in [1.82, 2.24) is 0 Å². The number of hydrogen-bond donors (Lipinski definition) is 0. The Kier molecular flexibility index (Phi) is 5.05. The van der Waals surface area contributed by atoms with Crippen molar-refractivity contribution >= 4 is 5.97 Å². The number of benzene rings is 2. The molecule has 0 aliphatic carbocycles. The lowest BCUT2D eigenvalue weighted by atomic mass is 9.91. The van der Waals surface area contributed by atoms with Gasteiger partial charge in [0.25, 0.3) is 0 Å². The summed E-state index contributed by atoms with van der Waals surface area (Å²) in [4.78, 5) is 12.8. The second kappa shape index (κ2) is 7.40. The maximum atomic E-state index is 12.8. The molecule has 2 aromatic rings. The number of carbonyl (C=O) groups excluding carboxylic acids is 1. The highest BCUT2D eigenvalue weighted by molar-refractivity contribution is 5.82. The quantitative estimate of drug-likeness (QED) is 0.796. The van der Waals surface area contributed by atoms with Crippen LogP contribution in [0.5, 0.6) is 0 Å². The Morgan fingerprint density at radius 1 is 0.957 bits per heavy atom. The van der Waals surface area contributed by atoms with Crippen LogP contribution >= 0.6 is 0 Å². The Labute approximate surface area is 136 Å². The van der Waals surface area contributed by atoms with Gasteiger partial charge in [-0.3, -0.25) is 4.79 Å². The molecule has 1 aliphatic heterocycles. The third-order valence-corrected chi connectivity index (χ3v) is 3.83. The van der Waals surface area contributed by atoms with E-state index < -0.39 is 18.3 Å². The van der Waals surface area contributed by atoms with Crippen molar-refractivity contribution in [1.29, 1.82) is 0 Å². The van der Waals surface area contributed by atoms with Crippen molar-refractivity contribution < 1.29 is 19.0 Å². The molecule has 0 N–H and O–H groups in total. The van der Waals surface area contributed by atoms with E-state index in [-0.39, 0.29) is 5.97 Å². The van der Waals surface area contributed by atoms with Crippen LogP contribution in [0.25, 0.3) is 0 Å². The van der Waals surface area contributed by atoms with E-state index in [1.165, 1.54) is 0 Å². The Balaban J connectivity index is 1.82. The molecule has 0 aromatic heterocycles. The van der Waals surface area contributed by atoms with E-state index >= 15 is 0 Å². The molecule has 4 nitrogen and oxygen atoms in total. The predicted molar refractivity (Wildman–Crippen MR) is 86.0 cm³/mol.